The van der Waals surface area contributed by atoms with Crippen LogP contribution in [0.2, 0.25) is 0 Å². The van der Waals surface area contributed by atoms with E-state index < -0.39 is 0 Å². The van der Waals surface area contributed by atoms with Crippen LogP contribution in [-0.4, -0.2) is 14.8 Å². The molecule has 172 valence electrons. The van der Waals surface area contributed by atoms with Gasteiger partial charge in [-0.05, 0) is 53.5 Å². The number of nitrogens with zero attached hydrogens (tertiary/aromatic N) is 3. The summed E-state index contributed by atoms with van der Waals surface area (Å²) >= 11 is 0. The van der Waals surface area contributed by atoms with E-state index >= 15 is 0 Å². The Morgan fingerprint density at radius 2 is 1.09 bits per heavy atom. The summed E-state index contributed by atoms with van der Waals surface area (Å²) in [6, 6.07) is 38.5. The molecule has 0 aliphatic heterocycles. The van der Waals surface area contributed by atoms with Crippen LogP contribution >= 0.6 is 0 Å². The van der Waals surface area contributed by atoms with E-state index in [-0.39, 0.29) is 0 Å². The molecule has 0 radical (unpaired) electrons. The first kappa shape index (κ1) is 21.5. The number of aromatic nitrogens is 3. The van der Waals surface area contributed by atoms with Crippen molar-refractivity contribution >= 4 is 0 Å². The molecule has 1 aliphatic rings. The second kappa shape index (κ2) is 8.99. The van der Waals surface area contributed by atoms with Crippen molar-refractivity contribution in [3.8, 4) is 39.6 Å². The van der Waals surface area contributed by atoms with Gasteiger partial charge in [-0.2, -0.15) is 0 Å². The highest BCUT2D eigenvalue weighted by Crippen LogP contribution is 2.51. The van der Waals surface area contributed by atoms with E-state index in [9.17, 15) is 0 Å². The van der Waals surface area contributed by atoms with Crippen molar-refractivity contribution in [2.45, 2.75) is 38.0 Å². The molecule has 6 rings (SSSR count). The first-order valence-electron chi connectivity index (χ1n) is 12.5. The Kier molecular flexibility index (Phi) is 5.54. The number of para-hydroxylation sites is 1. The van der Waals surface area contributed by atoms with E-state index in [1.165, 1.54) is 42.4 Å². The number of hydrogen-bond acceptors (Lipinski definition) is 2. The molecule has 1 aromatic heterocycles. The molecule has 0 unspecified atom stereocenters. The minimum atomic E-state index is 0.409. The van der Waals surface area contributed by atoms with Gasteiger partial charge >= 0.3 is 0 Å². The lowest BCUT2D eigenvalue weighted by Gasteiger charge is -2.15. The second-order valence-corrected chi connectivity index (χ2v) is 9.57. The molecular weight excluding hydrogens is 426 g/mol. The van der Waals surface area contributed by atoms with E-state index in [2.05, 4.69) is 119 Å². The van der Waals surface area contributed by atoms with Crippen molar-refractivity contribution in [2.75, 3.05) is 0 Å². The van der Waals surface area contributed by atoms with E-state index in [0.717, 1.165) is 28.5 Å². The minimum Gasteiger partial charge on any atom is -0.275 e. The fourth-order valence-corrected chi connectivity index (χ4v) is 5.21. The summed E-state index contributed by atoms with van der Waals surface area (Å²) in [5.41, 5.74) is 7.46. The molecule has 0 N–H and O–H groups in total. The first-order chi connectivity index (χ1) is 17.3. The molecule has 0 atom stereocenters. The summed E-state index contributed by atoms with van der Waals surface area (Å²) in [6.07, 6.45) is 5.12. The van der Waals surface area contributed by atoms with E-state index in [1.807, 2.05) is 12.1 Å². The van der Waals surface area contributed by atoms with Crippen LogP contribution < -0.4 is 0 Å². The largest absolute Gasteiger partial charge is 0.275 e. The zero-order valence-corrected chi connectivity index (χ0v) is 20.1. The third-order valence-electron chi connectivity index (χ3n) is 7.27. The van der Waals surface area contributed by atoms with Crippen molar-refractivity contribution in [3.05, 3.63) is 115 Å². The molecule has 1 saturated carbocycles. The van der Waals surface area contributed by atoms with Gasteiger partial charge in [-0.1, -0.05) is 110 Å². The van der Waals surface area contributed by atoms with Crippen LogP contribution in [-0.2, 0) is 5.41 Å². The summed E-state index contributed by atoms with van der Waals surface area (Å²) in [5.74, 6) is 1.71. The molecule has 4 aromatic carbocycles. The Balaban J connectivity index is 1.40. The highest BCUT2D eigenvalue weighted by atomic mass is 15.3. The van der Waals surface area contributed by atoms with Gasteiger partial charge in [-0.3, -0.25) is 4.57 Å². The van der Waals surface area contributed by atoms with Gasteiger partial charge in [0.15, 0.2) is 11.6 Å². The van der Waals surface area contributed by atoms with Gasteiger partial charge in [0.25, 0.3) is 0 Å². The Hall–Kier alpha value is -3.98. The van der Waals surface area contributed by atoms with Gasteiger partial charge in [0.1, 0.15) is 0 Å². The lowest BCUT2D eigenvalue weighted by atomic mass is 9.90. The number of hydrogen-bond donors (Lipinski definition) is 0. The smallest absolute Gasteiger partial charge is 0.168 e. The Morgan fingerprint density at radius 1 is 0.600 bits per heavy atom. The average Bonchev–Trinajstić information content (AvgIpc) is 3.58. The van der Waals surface area contributed by atoms with Crippen LogP contribution in [0.5, 0.6) is 0 Å². The quantitative estimate of drug-likeness (QED) is 0.248. The summed E-state index contributed by atoms with van der Waals surface area (Å²) in [7, 11) is 0. The molecule has 0 amide bonds. The highest BCUT2D eigenvalue weighted by Gasteiger charge is 2.42. The van der Waals surface area contributed by atoms with Crippen molar-refractivity contribution in [2.24, 2.45) is 0 Å². The van der Waals surface area contributed by atoms with Gasteiger partial charge in [0.2, 0.25) is 0 Å². The van der Waals surface area contributed by atoms with E-state index in [1.54, 1.807) is 0 Å². The van der Waals surface area contributed by atoms with Crippen LogP contribution in [0, 0.1) is 0 Å². The molecule has 0 bridgehead atoms. The van der Waals surface area contributed by atoms with Gasteiger partial charge in [-0.25, -0.2) is 0 Å². The molecule has 0 spiro atoms. The van der Waals surface area contributed by atoms with Crippen molar-refractivity contribution in [3.63, 3.8) is 0 Å². The Bertz CT molecular complexity index is 1410. The SMILES string of the molecule is CCCC1(c2ccc(-c3nnc(-c4ccc(-c5ccccc5)cc4)n3-c3ccccc3)cc2)CC1. The van der Waals surface area contributed by atoms with Gasteiger partial charge in [0.05, 0.1) is 0 Å². The maximum Gasteiger partial charge on any atom is 0.168 e. The predicted molar refractivity (Wildman–Crippen MR) is 143 cm³/mol. The standard InChI is InChI=1S/C32H29N3/c1-2-21-32(22-23-32)28-19-17-27(18-20-28)31-34-33-30(35(31)29-11-7-4-8-12-29)26-15-13-25(14-16-26)24-9-5-3-6-10-24/h3-20H,2,21-23H2,1H3. The fraction of sp³-hybridized carbons (Fsp3) is 0.188. The molecule has 5 aromatic rings. The predicted octanol–water partition coefficient (Wildman–Crippen LogP) is 8.10. The Labute approximate surface area is 207 Å². The summed E-state index contributed by atoms with van der Waals surface area (Å²) in [4.78, 5) is 0. The maximum absolute atomic E-state index is 4.68. The molecule has 35 heavy (non-hydrogen) atoms. The summed E-state index contributed by atoms with van der Waals surface area (Å²) in [6.45, 7) is 2.28. The highest BCUT2D eigenvalue weighted by molar-refractivity contribution is 5.71. The van der Waals surface area contributed by atoms with E-state index in [4.69, 9.17) is 0 Å². The van der Waals surface area contributed by atoms with Gasteiger partial charge in [-0.15, -0.1) is 10.2 Å². The Morgan fingerprint density at radius 3 is 1.63 bits per heavy atom. The van der Waals surface area contributed by atoms with Crippen LogP contribution in [0.1, 0.15) is 38.2 Å². The molecule has 3 heteroatoms. The minimum absolute atomic E-state index is 0.409. The molecule has 1 fully saturated rings. The second-order valence-electron chi connectivity index (χ2n) is 9.57. The topological polar surface area (TPSA) is 30.7 Å². The lowest BCUT2D eigenvalue weighted by molar-refractivity contribution is 0.607. The molecule has 1 aliphatic carbocycles. The first-order valence-corrected chi connectivity index (χ1v) is 12.5. The number of benzene rings is 4. The molecule has 0 saturated heterocycles. The fourth-order valence-electron chi connectivity index (χ4n) is 5.21. The zero-order chi connectivity index (χ0) is 23.7. The normalized spacial score (nSPS) is 14.1. The monoisotopic (exact) mass is 455 g/mol. The van der Waals surface area contributed by atoms with Gasteiger partial charge < -0.3 is 0 Å². The van der Waals surface area contributed by atoms with Crippen molar-refractivity contribution < 1.29 is 0 Å². The number of rotatable bonds is 7. The summed E-state index contributed by atoms with van der Waals surface area (Å²) < 4.78 is 2.17. The molecular formula is C32H29N3. The van der Waals surface area contributed by atoms with Gasteiger partial charge in [0, 0.05) is 16.8 Å². The van der Waals surface area contributed by atoms with Crippen LogP contribution in [0.3, 0.4) is 0 Å². The van der Waals surface area contributed by atoms with E-state index in [0.29, 0.717) is 5.41 Å². The molecule has 1 heterocycles. The third-order valence-corrected chi connectivity index (χ3v) is 7.27. The maximum atomic E-state index is 4.68. The van der Waals surface area contributed by atoms with Crippen LogP contribution in [0.15, 0.2) is 109 Å². The third kappa shape index (κ3) is 4.08. The van der Waals surface area contributed by atoms with Crippen LogP contribution in [0.4, 0.5) is 0 Å². The zero-order valence-electron chi connectivity index (χ0n) is 20.1. The average molecular weight is 456 g/mol. The molecule has 3 nitrogen and oxygen atoms in total. The van der Waals surface area contributed by atoms with Crippen molar-refractivity contribution in [1.82, 2.24) is 14.8 Å². The lowest BCUT2D eigenvalue weighted by Crippen LogP contribution is -2.05. The van der Waals surface area contributed by atoms with Crippen molar-refractivity contribution in [1.29, 1.82) is 0 Å². The summed E-state index contributed by atoms with van der Waals surface area (Å²) in [5, 5.41) is 9.34. The van der Waals surface area contributed by atoms with Crippen LogP contribution in [0.25, 0.3) is 39.6 Å².